The van der Waals surface area contributed by atoms with E-state index in [1.54, 1.807) is 25.8 Å². The second kappa shape index (κ2) is 9.71. The molecule has 1 aliphatic heterocycles. The monoisotopic (exact) mass is 496 g/mol. The fourth-order valence-corrected chi connectivity index (χ4v) is 3.44. The summed E-state index contributed by atoms with van der Waals surface area (Å²) in [7, 11) is 1.78. The Balaban J connectivity index is 0.00000225. The number of fused-ring (bicyclic) bond motifs is 1. The van der Waals surface area contributed by atoms with Crippen molar-refractivity contribution in [1.29, 1.82) is 0 Å². The second-order valence-corrected chi connectivity index (χ2v) is 6.65. The lowest BCUT2D eigenvalue weighted by Crippen LogP contribution is -2.44. The minimum absolute atomic E-state index is 0. The quantitative estimate of drug-likeness (QED) is 0.317. The molecule has 1 aliphatic rings. The number of aromatic nitrogens is 4. The number of nitrogens with one attached hydrogen (secondary N) is 2. The summed E-state index contributed by atoms with van der Waals surface area (Å²) in [5, 5.41) is 14.9. The molecule has 1 atom stereocenters. The first-order valence-electron chi connectivity index (χ1n) is 9.19. The van der Waals surface area contributed by atoms with Crippen molar-refractivity contribution in [3.05, 3.63) is 42.9 Å². The number of rotatable bonds is 5. The first kappa shape index (κ1) is 20.4. The van der Waals surface area contributed by atoms with Crippen LogP contribution >= 0.6 is 24.0 Å². The van der Waals surface area contributed by atoms with E-state index in [9.17, 15) is 0 Å². The minimum atomic E-state index is 0. The molecule has 4 heterocycles. The predicted octanol–water partition coefficient (Wildman–Crippen LogP) is 1.92. The van der Waals surface area contributed by atoms with Gasteiger partial charge in [-0.2, -0.15) is 0 Å². The third-order valence-electron chi connectivity index (χ3n) is 4.81. The van der Waals surface area contributed by atoms with E-state index in [2.05, 4.69) is 35.7 Å². The van der Waals surface area contributed by atoms with Crippen LogP contribution in [0.3, 0.4) is 0 Å². The Hall–Kier alpha value is -2.37. The van der Waals surface area contributed by atoms with E-state index < -0.39 is 0 Å². The molecule has 1 fully saturated rings. The third-order valence-corrected chi connectivity index (χ3v) is 4.81. The van der Waals surface area contributed by atoms with Gasteiger partial charge in [0.2, 0.25) is 5.65 Å². The molecule has 3 aromatic rings. The van der Waals surface area contributed by atoms with Crippen LogP contribution in [0.5, 0.6) is 0 Å². The Morgan fingerprint density at radius 1 is 1.39 bits per heavy atom. The topological polar surface area (TPSA) is 95.9 Å². The maximum atomic E-state index is 5.34. The number of guanidine groups is 1. The first-order valence-corrected chi connectivity index (χ1v) is 9.19. The van der Waals surface area contributed by atoms with Crippen LogP contribution in [0, 0.1) is 5.92 Å². The number of anilines is 1. The molecule has 28 heavy (non-hydrogen) atoms. The van der Waals surface area contributed by atoms with Crippen LogP contribution < -0.4 is 15.5 Å². The highest BCUT2D eigenvalue weighted by atomic mass is 127. The molecule has 2 N–H and O–H groups in total. The molecule has 1 saturated heterocycles. The Bertz CT molecular complexity index is 894. The van der Waals surface area contributed by atoms with Crippen LogP contribution in [-0.2, 0) is 6.54 Å². The molecule has 0 spiro atoms. The summed E-state index contributed by atoms with van der Waals surface area (Å²) in [6.45, 7) is 3.38. The lowest BCUT2D eigenvalue weighted by atomic mass is 9.98. The summed E-state index contributed by atoms with van der Waals surface area (Å²) in [5.74, 6) is 3.07. The van der Waals surface area contributed by atoms with Gasteiger partial charge in [0.1, 0.15) is 12.1 Å². The van der Waals surface area contributed by atoms with Crippen molar-refractivity contribution in [2.45, 2.75) is 19.4 Å². The zero-order valence-electron chi connectivity index (χ0n) is 15.8. The molecule has 0 aromatic carbocycles. The molecule has 150 valence electrons. The van der Waals surface area contributed by atoms with Gasteiger partial charge in [0, 0.05) is 39.1 Å². The van der Waals surface area contributed by atoms with Crippen LogP contribution in [0.1, 0.15) is 18.6 Å². The number of furan rings is 1. The minimum Gasteiger partial charge on any atom is -0.467 e. The van der Waals surface area contributed by atoms with Gasteiger partial charge in [0.15, 0.2) is 11.8 Å². The Morgan fingerprint density at radius 2 is 2.32 bits per heavy atom. The predicted molar refractivity (Wildman–Crippen MR) is 118 cm³/mol. The van der Waals surface area contributed by atoms with E-state index in [-0.39, 0.29) is 24.0 Å². The van der Waals surface area contributed by atoms with Gasteiger partial charge in [0.25, 0.3) is 0 Å². The van der Waals surface area contributed by atoms with Crippen molar-refractivity contribution in [1.82, 2.24) is 30.2 Å². The number of aliphatic imine (C=N–C) groups is 1. The zero-order valence-corrected chi connectivity index (χ0v) is 18.1. The number of nitrogens with zero attached hydrogens (tertiary/aromatic N) is 6. The average molecular weight is 496 g/mol. The molecule has 0 radical (unpaired) electrons. The molecule has 0 saturated carbocycles. The van der Waals surface area contributed by atoms with Crippen molar-refractivity contribution >= 4 is 41.4 Å². The van der Waals surface area contributed by atoms with Crippen molar-refractivity contribution in [2.24, 2.45) is 10.9 Å². The van der Waals surface area contributed by atoms with E-state index in [0.717, 1.165) is 49.2 Å². The fourth-order valence-electron chi connectivity index (χ4n) is 3.44. The molecule has 0 amide bonds. The van der Waals surface area contributed by atoms with Gasteiger partial charge in [-0.3, -0.25) is 9.39 Å². The molecule has 1 unspecified atom stereocenters. The van der Waals surface area contributed by atoms with Crippen LogP contribution in [0.15, 0.2) is 46.5 Å². The highest BCUT2D eigenvalue weighted by Gasteiger charge is 2.23. The lowest BCUT2D eigenvalue weighted by Gasteiger charge is -2.33. The van der Waals surface area contributed by atoms with Crippen LogP contribution in [0.4, 0.5) is 5.82 Å². The summed E-state index contributed by atoms with van der Waals surface area (Å²) < 4.78 is 7.25. The van der Waals surface area contributed by atoms with Gasteiger partial charge in [-0.05, 0) is 30.9 Å². The number of hydrogen-bond donors (Lipinski definition) is 2. The second-order valence-electron chi connectivity index (χ2n) is 6.65. The lowest BCUT2D eigenvalue weighted by molar-refractivity contribution is 0.408. The number of halogens is 1. The highest BCUT2D eigenvalue weighted by Crippen LogP contribution is 2.23. The molecule has 0 aliphatic carbocycles. The maximum Gasteiger partial charge on any atom is 0.203 e. The first-order chi connectivity index (χ1) is 13.3. The van der Waals surface area contributed by atoms with E-state index in [1.165, 1.54) is 6.42 Å². The zero-order chi connectivity index (χ0) is 18.5. The van der Waals surface area contributed by atoms with Gasteiger partial charge in [-0.1, -0.05) is 0 Å². The number of piperidine rings is 1. The Morgan fingerprint density at radius 3 is 3.14 bits per heavy atom. The normalized spacial score (nSPS) is 17.4. The van der Waals surface area contributed by atoms with Gasteiger partial charge < -0.3 is 20.0 Å². The standard InChI is InChI=1S/C18H24N8O.HI/c1-19-18(22-11-15-5-3-9-27-15)21-10-14-4-2-7-25(12-14)16-17-24-23-13-26(17)8-6-20-16;/h3,5-6,8-9,13-14H,2,4,7,10-12H2,1H3,(H2,19,21,22);1H. The van der Waals surface area contributed by atoms with E-state index >= 15 is 0 Å². The molecule has 9 nitrogen and oxygen atoms in total. The van der Waals surface area contributed by atoms with Gasteiger partial charge >= 0.3 is 0 Å². The summed E-state index contributed by atoms with van der Waals surface area (Å²) in [6.07, 6.45) is 9.35. The average Bonchev–Trinajstić information content (AvgIpc) is 3.40. The third kappa shape index (κ3) is 4.72. The molecule has 0 bridgehead atoms. The van der Waals surface area contributed by atoms with Crippen molar-refractivity contribution in [2.75, 3.05) is 31.6 Å². The summed E-state index contributed by atoms with van der Waals surface area (Å²) in [6, 6.07) is 3.82. The van der Waals surface area contributed by atoms with Gasteiger partial charge in [-0.15, -0.1) is 34.2 Å². The Kier molecular flexibility index (Phi) is 7.06. The van der Waals surface area contributed by atoms with E-state index in [1.807, 2.05) is 22.7 Å². The fraction of sp³-hybridized carbons (Fsp3) is 0.444. The van der Waals surface area contributed by atoms with Crippen LogP contribution in [0.25, 0.3) is 5.65 Å². The van der Waals surface area contributed by atoms with Crippen molar-refractivity contribution in [3.8, 4) is 0 Å². The van der Waals surface area contributed by atoms with Gasteiger partial charge in [-0.25, -0.2) is 4.98 Å². The van der Waals surface area contributed by atoms with Crippen molar-refractivity contribution in [3.63, 3.8) is 0 Å². The highest BCUT2D eigenvalue weighted by molar-refractivity contribution is 14.0. The van der Waals surface area contributed by atoms with E-state index in [4.69, 9.17) is 4.42 Å². The van der Waals surface area contributed by atoms with Crippen LogP contribution in [0.2, 0.25) is 0 Å². The summed E-state index contributed by atoms with van der Waals surface area (Å²) >= 11 is 0. The van der Waals surface area contributed by atoms with Crippen molar-refractivity contribution < 1.29 is 4.42 Å². The molecular weight excluding hydrogens is 471 g/mol. The van der Waals surface area contributed by atoms with Crippen LogP contribution in [-0.4, -0.2) is 52.2 Å². The summed E-state index contributed by atoms with van der Waals surface area (Å²) in [5.41, 5.74) is 0.807. The Labute approximate surface area is 180 Å². The summed E-state index contributed by atoms with van der Waals surface area (Å²) in [4.78, 5) is 11.1. The molecule has 3 aromatic heterocycles. The number of hydrogen-bond acceptors (Lipinski definition) is 6. The largest absolute Gasteiger partial charge is 0.467 e. The molecular formula is C18H25IN8O. The van der Waals surface area contributed by atoms with Gasteiger partial charge in [0.05, 0.1) is 12.8 Å². The SMILES string of the molecule is CN=C(NCc1ccco1)NCC1CCCN(c2nccn3cnnc23)C1.I. The molecule has 10 heteroatoms. The van der Waals surface area contributed by atoms with E-state index in [0.29, 0.717) is 12.5 Å². The molecule has 4 rings (SSSR count). The maximum absolute atomic E-state index is 5.34. The smallest absolute Gasteiger partial charge is 0.203 e.